The van der Waals surface area contributed by atoms with Gasteiger partial charge in [0.1, 0.15) is 5.25 Å². The van der Waals surface area contributed by atoms with Crippen molar-refractivity contribution >= 4 is 62.3 Å². The summed E-state index contributed by atoms with van der Waals surface area (Å²) in [5.74, 6) is -0.689. The van der Waals surface area contributed by atoms with Gasteiger partial charge in [0.05, 0.1) is 16.8 Å². The molecule has 29 heavy (non-hydrogen) atoms. The van der Waals surface area contributed by atoms with E-state index in [2.05, 4.69) is 26.1 Å². The Morgan fingerprint density at radius 3 is 2.69 bits per heavy atom. The Morgan fingerprint density at radius 2 is 2.00 bits per heavy atom. The third kappa shape index (κ3) is 5.06. The van der Waals surface area contributed by atoms with E-state index < -0.39 is 10.2 Å². The van der Waals surface area contributed by atoms with Gasteiger partial charge in [0.2, 0.25) is 11.8 Å². The van der Waals surface area contributed by atoms with Crippen LogP contribution in [0.5, 0.6) is 0 Å². The zero-order valence-corrected chi connectivity index (χ0v) is 17.2. The summed E-state index contributed by atoms with van der Waals surface area (Å²) >= 11 is 4.26. The lowest BCUT2D eigenvalue weighted by atomic mass is 10.2. The molecular formula is C18H14BrN5O4S. The monoisotopic (exact) mass is 475 g/mol. The fourth-order valence-electron chi connectivity index (χ4n) is 2.60. The van der Waals surface area contributed by atoms with Crippen LogP contribution in [0.1, 0.15) is 12.0 Å². The molecule has 2 aromatic rings. The van der Waals surface area contributed by atoms with E-state index in [-0.39, 0.29) is 29.1 Å². The molecule has 148 valence electrons. The van der Waals surface area contributed by atoms with Crippen molar-refractivity contribution in [3.05, 3.63) is 68.7 Å². The smallest absolute Gasteiger partial charge is 0.270 e. The molecule has 1 heterocycles. The van der Waals surface area contributed by atoms with Gasteiger partial charge < -0.3 is 5.73 Å². The van der Waals surface area contributed by atoms with Crippen molar-refractivity contribution < 1.29 is 14.5 Å². The van der Waals surface area contributed by atoms with E-state index in [1.165, 1.54) is 24.4 Å². The molecule has 2 amide bonds. The molecule has 0 spiro atoms. The number of hydrogen-bond donors (Lipinski definition) is 1. The minimum absolute atomic E-state index is 0.00434. The molecule has 2 N–H and O–H groups in total. The van der Waals surface area contributed by atoms with Gasteiger partial charge in [0, 0.05) is 28.6 Å². The van der Waals surface area contributed by atoms with E-state index in [0.717, 1.165) is 21.1 Å². The number of anilines is 1. The molecule has 0 bridgehead atoms. The van der Waals surface area contributed by atoms with Crippen LogP contribution in [0.15, 0.2) is 63.2 Å². The van der Waals surface area contributed by atoms with Gasteiger partial charge in [-0.3, -0.25) is 19.7 Å². The first-order chi connectivity index (χ1) is 13.8. The molecular weight excluding hydrogens is 462 g/mol. The standard InChI is InChI=1S/C18H14BrN5O4S/c19-12-4-6-13(7-5-12)23-16(25)9-15(17(23)26)29-18(20)22-21-10-11-2-1-3-14(8-11)24(27)28/h1-8,10,15H,9H2,(H2,20,22)/b21-10-/t15-/m1/s1. The van der Waals surface area contributed by atoms with Crippen LogP contribution in [0.2, 0.25) is 0 Å². The Balaban J connectivity index is 1.66. The van der Waals surface area contributed by atoms with Crippen LogP contribution in [-0.2, 0) is 9.59 Å². The minimum Gasteiger partial charge on any atom is -0.377 e. The average Bonchev–Trinajstić information content (AvgIpc) is 2.96. The SMILES string of the molecule is NC(=N/N=C\c1cccc([N+](=O)[O-])c1)S[C@@H]1CC(=O)N(c2ccc(Br)cc2)C1=O. The molecule has 0 radical (unpaired) electrons. The molecule has 0 aliphatic carbocycles. The normalized spacial score (nSPS) is 17.3. The maximum atomic E-state index is 12.6. The Bertz CT molecular complexity index is 1030. The molecule has 1 fully saturated rings. The predicted octanol–water partition coefficient (Wildman–Crippen LogP) is 3.07. The molecule has 1 saturated heterocycles. The number of nitro benzene ring substituents is 1. The van der Waals surface area contributed by atoms with Crippen molar-refractivity contribution in [2.45, 2.75) is 11.7 Å². The summed E-state index contributed by atoms with van der Waals surface area (Å²) in [4.78, 5) is 36.3. The van der Waals surface area contributed by atoms with E-state index in [9.17, 15) is 19.7 Å². The van der Waals surface area contributed by atoms with Crippen molar-refractivity contribution in [2.75, 3.05) is 4.90 Å². The van der Waals surface area contributed by atoms with Crippen LogP contribution >= 0.6 is 27.7 Å². The summed E-state index contributed by atoms with van der Waals surface area (Å²) in [6, 6.07) is 12.7. The lowest BCUT2D eigenvalue weighted by molar-refractivity contribution is -0.384. The first-order valence-electron chi connectivity index (χ1n) is 8.25. The summed E-state index contributed by atoms with van der Waals surface area (Å²) in [6.45, 7) is 0. The predicted molar refractivity (Wildman–Crippen MR) is 115 cm³/mol. The number of benzene rings is 2. The second kappa shape index (κ2) is 8.97. The molecule has 1 atom stereocenters. The van der Waals surface area contributed by atoms with Gasteiger partial charge in [-0.05, 0) is 24.3 Å². The maximum absolute atomic E-state index is 12.6. The van der Waals surface area contributed by atoms with Crippen molar-refractivity contribution in [3.63, 3.8) is 0 Å². The third-order valence-corrected chi connectivity index (χ3v) is 5.40. The van der Waals surface area contributed by atoms with Gasteiger partial charge in [-0.2, -0.15) is 5.10 Å². The quantitative estimate of drug-likeness (QED) is 0.232. The Hall–Kier alpha value is -3.05. The Kier molecular flexibility index (Phi) is 6.39. The molecule has 11 heteroatoms. The van der Waals surface area contributed by atoms with Crippen molar-refractivity contribution in [3.8, 4) is 0 Å². The number of amidine groups is 1. The summed E-state index contributed by atoms with van der Waals surface area (Å²) in [7, 11) is 0. The topological polar surface area (TPSA) is 131 Å². The lowest BCUT2D eigenvalue weighted by Gasteiger charge is -2.14. The molecule has 0 saturated carbocycles. The summed E-state index contributed by atoms with van der Waals surface area (Å²) in [6.07, 6.45) is 1.32. The molecule has 2 aromatic carbocycles. The second-order valence-electron chi connectivity index (χ2n) is 5.89. The highest BCUT2D eigenvalue weighted by molar-refractivity contribution is 9.10. The van der Waals surface area contributed by atoms with E-state index in [4.69, 9.17) is 5.73 Å². The van der Waals surface area contributed by atoms with Crippen LogP contribution in [0.3, 0.4) is 0 Å². The van der Waals surface area contributed by atoms with Crippen LogP contribution in [0.4, 0.5) is 11.4 Å². The number of halogens is 1. The number of imide groups is 1. The highest BCUT2D eigenvalue weighted by atomic mass is 79.9. The largest absolute Gasteiger partial charge is 0.377 e. The number of carbonyl (C=O) groups is 2. The summed E-state index contributed by atoms with van der Waals surface area (Å²) in [5, 5.41) is 17.7. The van der Waals surface area contributed by atoms with Gasteiger partial charge in [-0.15, -0.1) is 5.10 Å². The summed E-state index contributed by atoms with van der Waals surface area (Å²) in [5.41, 5.74) is 6.72. The number of nitrogens with two attached hydrogens (primary N) is 1. The van der Waals surface area contributed by atoms with Crippen molar-refractivity contribution in [2.24, 2.45) is 15.9 Å². The van der Waals surface area contributed by atoms with E-state index in [0.29, 0.717) is 11.3 Å². The minimum atomic E-state index is -0.692. The highest BCUT2D eigenvalue weighted by Crippen LogP contribution is 2.30. The van der Waals surface area contributed by atoms with E-state index in [1.54, 1.807) is 30.3 Å². The molecule has 0 aromatic heterocycles. The van der Waals surface area contributed by atoms with Crippen molar-refractivity contribution in [1.29, 1.82) is 0 Å². The fourth-order valence-corrected chi connectivity index (χ4v) is 3.68. The first kappa shape index (κ1) is 20.7. The number of non-ortho nitro benzene ring substituents is 1. The molecule has 9 nitrogen and oxygen atoms in total. The Morgan fingerprint density at radius 1 is 1.28 bits per heavy atom. The molecule has 3 rings (SSSR count). The van der Waals surface area contributed by atoms with Gasteiger partial charge in [-0.25, -0.2) is 4.90 Å². The maximum Gasteiger partial charge on any atom is 0.270 e. The number of nitro groups is 1. The van der Waals surface area contributed by atoms with E-state index in [1.807, 2.05) is 0 Å². The van der Waals surface area contributed by atoms with Crippen LogP contribution < -0.4 is 10.6 Å². The van der Waals surface area contributed by atoms with E-state index >= 15 is 0 Å². The van der Waals surface area contributed by atoms with Gasteiger partial charge in [0.15, 0.2) is 5.17 Å². The van der Waals surface area contributed by atoms with Crippen molar-refractivity contribution in [1.82, 2.24) is 0 Å². The number of hydrogen-bond acceptors (Lipinski definition) is 7. The van der Waals surface area contributed by atoms with Gasteiger partial charge >= 0.3 is 0 Å². The number of rotatable bonds is 5. The Labute approximate surface area is 177 Å². The van der Waals surface area contributed by atoms with Crippen LogP contribution in [-0.4, -0.2) is 33.4 Å². The van der Waals surface area contributed by atoms with Gasteiger partial charge in [0.25, 0.3) is 5.69 Å². The molecule has 1 aliphatic heterocycles. The van der Waals surface area contributed by atoms with Crippen LogP contribution in [0.25, 0.3) is 0 Å². The number of thioether (sulfide) groups is 1. The fraction of sp³-hybridized carbons (Fsp3) is 0.111. The molecule has 1 aliphatic rings. The zero-order valence-electron chi connectivity index (χ0n) is 14.8. The molecule has 0 unspecified atom stereocenters. The first-order valence-corrected chi connectivity index (χ1v) is 9.92. The van der Waals surface area contributed by atoms with Crippen LogP contribution in [0, 0.1) is 10.1 Å². The zero-order chi connectivity index (χ0) is 21.0. The summed E-state index contributed by atoms with van der Waals surface area (Å²) < 4.78 is 0.837. The second-order valence-corrected chi connectivity index (χ2v) is 8.03. The number of carbonyl (C=O) groups excluding carboxylic acids is 2. The average molecular weight is 476 g/mol. The number of nitrogens with zero attached hydrogens (tertiary/aromatic N) is 4. The van der Waals surface area contributed by atoms with Gasteiger partial charge in [-0.1, -0.05) is 39.8 Å². The third-order valence-electron chi connectivity index (χ3n) is 3.90. The number of amides is 2. The highest BCUT2D eigenvalue weighted by Gasteiger charge is 2.40. The lowest BCUT2D eigenvalue weighted by Crippen LogP contribution is -2.31.